The van der Waals surface area contributed by atoms with Crippen molar-refractivity contribution < 1.29 is 28.2 Å². The highest BCUT2D eigenvalue weighted by Crippen LogP contribution is 2.22. The largest absolute Gasteiger partial charge is 0.465 e. The number of rotatable bonds is 7. The number of pyridine rings is 1. The maximum Gasteiger partial charge on any atom is 0.412 e. The summed E-state index contributed by atoms with van der Waals surface area (Å²) in [5.41, 5.74) is 0.781. The number of carbonyl (C=O) groups excluding carboxylic acids is 3. The number of methoxy groups -OCH3 is 1. The second-order valence-electron chi connectivity index (χ2n) is 7.14. The van der Waals surface area contributed by atoms with E-state index in [1.807, 2.05) is 0 Å². The van der Waals surface area contributed by atoms with E-state index >= 15 is 0 Å². The van der Waals surface area contributed by atoms with Crippen molar-refractivity contribution in [2.24, 2.45) is 0 Å². The number of aromatic nitrogens is 1. The lowest BCUT2D eigenvalue weighted by Crippen LogP contribution is -2.39. The first-order valence-corrected chi connectivity index (χ1v) is 10.5. The summed E-state index contributed by atoms with van der Waals surface area (Å²) >= 11 is 5.87. The minimum absolute atomic E-state index is 0.0440. The molecule has 0 aliphatic heterocycles. The van der Waals surface area contributed by atoms with Gasteiger partial charge in [-0.05, 0) is 23.8 Å². The van der Waals surface area contributed by atoms with Gasteiger partial charge in [-0.15, -0.1) is 0 Å². The first-order valence-electron chi connectivity index (χ1n) is 10.1. The molecule has 0 spiro atoms. The van der Waals surface area contributed by atoms with Gasteiger partial charge >= 0.3 is 18.1 Å². The molecule has 0 unspecified atom stereocenters. The number of ether oxygens (including phenoxy) is 2. The van der Waals surface area contributed by atoms with Crippen LogP contribution in [-0.2, 0) is 16.0 Å². The summed E-state index contributed by atoms with van der Waals surface area (Å²) in [6.45, 7) is 0.0630. The number of fused-ring (bicyclic) bond motifs is 1. The Balaban J connectivity index is 1.49. The maximum absolute atomic E-state index is 13.5. The van der Waals surface area contributed by atoms with Crippen molar-refractivity contribution in [3.05, 3.63) is 70.6 Å². The van der Waals surface area contributed by atoms with E-state index in [1.165, 1.54) is 37.4 Å². The van der Waals surface area contributed by atoms with E-state index in [9.17, 15) is 18.8 Å². The number of nitrogens with one attached hydrogen (secondary N) is 2. The topological polar surface area (TPSA) is 110 Å². The summed E-state index contributed by atoms with van der Waals surface area (Å²) in [4.78, 5) is 41.7. The number of esters is 1. The summed E-state index contributed by atoms with van der Waals surface area (Å²) in [5, 5.41) is 6.32. The fourth-order valence-electron chi connectivity index (χ4n) is 3.03. The normalized spacial score (nSPS) is 10.5. The zero-order valence-electron chi connectivity index (χ0n) is 18.4. The Morgan fingerprint density at radius 2 is 1.94 bits per heavy atom. The lowest BCUT2D eigenvalue weighted by molar-refractivity contribution is 0.0603. The first kappa shape index (κ1) is 24.7. The van der Waals surface area contributed by atoms with Crippen LogP contribution in [-0.4, -0.2) is 55.3 Å². The minimum Gasteiger partial charge on any atom is -0.465 e. The van der Waals surface area contributed by atoms with Crippen molar-refractivity contribution in [2.75, 3.05) is 32.6 Å². The number of hydrogen-bond acceptors (Lipinski definition) is 6. The molecule has 1 aromatic heterocycles. The molecule has 34 heavy (non-hydrogen) atoms. The molecule has 0 fully saturated rings. The van der Waals surface area contributed by atoms with E-state index in [-0.39, 0.29) is 30.5 Å². The number of amides is 3. The van der Waals surface area contributed by atoms with Gasteiger partial charge in [0, 0.05) is 30.6 Å². The highest BCUT2D eigenvalue weighted by atomic mass is 35.5. The highest BCUT2D eigenvalue weighted by Gasteiger charge is 2.14. The van der Waals surface area contributed by atoms with E-state index < -0.39 is 23.9 Å². The molecule has 0 aliphatic carbocycles. The van der Waals surface area contributed by atoms with Crippen LogP contribution in [0.4, 0.5) is 19.8 Å². The fourth-order valence-corrected chi connectivity index (χ4v) is 3.23. The SMILES string of the molecule is COC(=O)c1cccc2cnc(NC(=O)OCCN(C)C(=O)NCc3cccc(F)c3Cl)cc12. The second kappa shape index (κ2) is 11.3. The van der Waals surface area contributed by atoms with Gasteiger partial charge in [0.25, 0.3) is 0 Å². The molecule has 9 nitrogen and oxygen atoms in total. The summed E-state index contributed by atoms with van der Waals surface area (Å²) in [7, 11) is 2.80. The lowest BCUT2D eigenvalue weighted by atomic mass is 10.1. The molecular formula is C23H22ClFN4O5. The van der Waals surface area contributed by atoms with Crippen LogP contribution in [0, 0.1) is 5.82 Å². The van der Waals surface area contributed by atoms with Crippen LogP contribution in [0.5, 0.6) is 0 Å². The Hall–Kier alpha value is -3.92. The molecule has 3 aromatic rings. The molecule has 2 aromatic carbocycles. The Bertz CT molecular complexity index is 1220. The van der Waals surface area contributed by atoms with E-state index in [2.05, 4.69) is 15.6 Å². The Morgan fingerprint density at radius 1 is 1.18 bits per heavy atom. The molecule has 0 radical (unpaired) electrons. The van der Waals surface area contributed by atoms with Crippen LogP contribution in [0.25, 0.3) is 10.8 Å². The zero-order chi connectivity index (χ0) is 24.7. The van der Waals surface area contributed by atoms with Gasteiger partial charge in [0.2, 0.25) is 0 Å². The number of halogens is 2. The predicted octanol–water partition coefficient (Wildman–Crippen LogP) is 4.20. The van der Waals surface area contributed by atoms with Gasteiger partial charge in [-0.25, -0.2) is 23.8 Å². The van der Waals surface area contributed by atoms with Crippen molar-refractivity contribution >= 4 is 46.3 Å². The standard InChI is InChI=1S/C23H22ClFN4O5/c1-29(22(31)27-13-15-6-4-8-18(25)20(15)24)9-10-34-23(32)28-19-11-17-14(12-26-19)5-3-7-16(17)21(30)33-2/h3-8,11-12H,9-10,13H2,1-2H3,(H,27,31)(H,26,28,32). The van der Waals surface area contributed by atoms with Gasteiger partial charge in [-0.3, -0.25) is 5.32 Å². The highest BCUT2D eigenvalue weighted by molar-refractivity contribution is 6.31. The molecular weight excluding hydrogens is 467 g/mol. The van der Waals surface area contributed by atoms with Gasteiger partial charge < -0.3 is 19.7 Å². The average molecular weight is 489 g/mol. The van der Waals surface area contributed by atoms with Crippen LogP contribution in [0.3, 0.4) is 0 Å². The molecule has 0 aliphatic rings. The molecule has 2 N–H and O–H groups in total. The van der Waals surface area contributed by atoms with Gasteiger partial charge in [-0.1, -0.05) is 35.9 Å². The van der Waals surface area contributed by atoms with Crippen LogP contribution in [0.15, 0.2) is 48.7 Å². The van der Waals surface area contributed by atoms with Gasteiger partial charge in [0.05, 0.1) is 24.2 Å². The second-order valence-corrected chi connectivity index (χ2v) is 7.52. The van der Waals surface area contributed by atoms with Crippen molar-refractivity contribution in [1.82, 2.24) is 15.2 Å². The maximum atomic E-state index is 13.5. The summed E-state index contributed by atoms with van der Waals surface area (Å²) < 4.78 is 23.4. The van der Waals surface area contributed by atoms with Gasteiger partial charge in [0.15, 0.2) is 0 Å². The van der Waals surface area contributed by atoms with E-state index in [0.717, 1.165) is 0 Å². The van der Waals surface area contributed by atoms with E-state index in [4.69, 9.17) is 21.1 Å². The molecule has 0 saturated heterocycles. The number of nitrogens with zero attached hydrogens (tertiary/aromatic N) is 2. The third-order valence-electron chi connectivity index (χ3n) is 4.87. The first-order chi connectivity index (χ1) is 16.3. The Kier molecular flexibility index (Phi) is 8.20. The van der Waals surface area contributed by atoms with Crippen LogP contribution >= 0.6 is 11.6 Å². The number of hydrogen-bond donors (Lipinski definition) is 2. The number of benzene rings is 2. The summed E-state index contributed by atoms with van der Waals surface area (Å²) in [6, 6.07) is 10.5. The molecule has 0 saturated carbocycles. The van der Waals surface area contributed by atoms with Gasteiger partial charge in [0.1, 0.15) is 18.2 Å². The Morgan fingerprint density at radius 3 is 2.71 bits per heavy atom. The molecule has 3 rings (SSSR count). The molecule has 3 amide bonds. The molecule has 178 valence electrons. The summed E-state index contributed by atoms with van der Waals surface area (Å²) in [5.74, 6) is -0.887. The van der Waals surface area contributed by atoms with Crippen molar-refractivity contribution in [3.63, 3.8) is 0 Å². The van der Waals surface area contributed by atoms with Crippen molar-refractivity contribution in [3.8, 4) is 0 Å². The third kappa shape index (κ3) is 6.10. The smallest absolute Gasteiger partial charge is 0.412 e. The average Bonchev–Trinajstić information content (AvgIpc) is 2.83. The molecule has 0 atom stereocenters. The summed E-state index contributed by atoms with van der Waals surface area (Å²) in [6.07, 6.45) is 0.739. The number of carbonyl (C=O) groups is 3. The number of likely N-dealkylation sites (N-methyl/N-ethyl adjacent to an activating group) is 1. The molecule has 0 bridgehead atoms. The number of anilines is 1. The van der Waals surface area contributed by atoms with Gasteiger partial charge in [-0.2, -0.15) is 0 Å². The molecule has 11 heteroatoms. The molecule has 1 heterocycles. The van der Waals surface area contributed by atoms with Crippen molar-refractivity contribution in [1.29, 1.82) is 0 Å². The third-order valence-corrected chi connectivity index (χ3v) is 5.29. The van der Waals surface area contributed by atoms with Crippen molar-refractivity contribution in [2.45, 2.75) is 6.54 Å². The fraction of sp³-hybridized carbons (Fsp3) is 0.217. The van der Waals surface area contributed by atoms with E-state index in [0.29, 0.717) is 21.9 Å². The predicted molar refractivity (Wildman–Crippen MR) is 124 cm³/mol. The van der Waals surface area contributed by atoms with E-state index in [1.54, 1.807) is 30.3 Å². The Labute approximate surface area is 199 Å². The lowest BCUT2D eigenvalue weighted by Gasteiger charge is -2.18. The van der Waals surface area contributed by atoms with Crippen LogP contribution in [0.1, 0.15) is 15.9 Å². The van der Waals surface area contributed by atoms with Crippen LogP contribution < -0.4 is 10.6 Å². The monoisotopic (exact) mass is 488 g/mol. The van der Waals surface area contributed by atoms with Crippen LogP contribution in [0.2, 0.25) is 5.02 Å². The quantitative estimate of drug-likeness (QED) is 0.482. The zero-order valence-corrected chi connectivity index (χ0v) is 19.2. The minimum atomic E-state index is -0.775. The number of urea groups is 1.